The van der Waals surface area contributed by atoms with Crippen molar-refractivity contribution in [3.8, 4) is 0 Å². The van der Waals surface area contributed by atoms with Crippen molar-refractivity contribution in [2.45, 2.75) is 64.7 Å². The summed E-state index contributed by atoms with van der Waals surface area (Å²) >= 11 is 1.58. The van der Waals surface area contributed by atoms with E-state index < -0.39 is 0 Å². The van der Waals surface area contributed by atoms with Crippen LogP contribution in [0, 0.1) is 11.8 Å². The smallest absolute Gasteiger partial charge is 0.341 e. The number of thiophene rings is 1. The highest BCUT2D eigenvalue weighted by Gasteiger charge is 2.31. The molecule has 0 radical (unpaired) electrons. The third kappa shape index (κ3) is 3.51. The lowest BCUT2D eigenvalue weighted by molar-refractivity contribution is -0.120. The highest BCUT2D eigenvalue weighted by Crippen LogP contribution is 2.41. The van der Waals surface area contributed by atoms with Crippen LogP contribution in [0.5, 0.6) is 0 Å². The van der Waals surface area contributed by atoms with Gasteiger partial charge < -0.3 is 10.1 Å². The molecule has 1 amide bonds. The van der Waals surface area contributed by atoms with E-state index in [1.54, 1.807) is 11.3 Å². The summed E-state index contributed by atoms with van der Waals surface area (Å²) in [6, 6.07) is 0. The van der Waals surface area contributed by atoms with Crippen LogP contribution >= 0.6 is 11.3 Å². The molecule has 0 bridgehead atoms. The van der Waals surface area contributed by atoms with E-state index in [1.807, 2.05) is 0 Å². The molecule has 132 valence electrons. The molecule has 0 spiro atoms. The number of anilines is 1. The van der Waals surface area contributed by atoms with Gasteiger partial charge in [0.25, 0.3) is 0 Å². The van der Waals surface area contributed by atoms with Gasteiger partial charge in [0.2, 0.25) is 5.91 Å². The Hall–Kier alpha value is -1.36. The molecule has 1 aromatic rings. The van der Waals surface area contributed by atoms with Gasteiger partial charge in [0, 0.05) is 10.8 Å². The second kappa shape index (κ2) is 7.68. The van der Waals surface area contributed by atoms with Crippen molar-refractivity contribution in [1.29, 1.82) is 0 Å². The number of hydrogen-bond acceptors (Lipinski definition) is 4. The second-order valence-corrected chi connectivity index (χ2v) is 8.15. The van der Waals surface area contributed by atoms with E-state index >= 15 is 0 Å². The zero-order valence-electron chi connectivity index (χ0n) is 14.7. The fraction of sp³-hybridized carbons (Fsp3) is 0.684. The summed E-state index contributed by atoms with van der Waals surface area (Å²) in [6.07, 6.45) is 9.60. The molecule has 5 heteroatoms. The van der Waals surface area contributed by atoms with E-state index in [0.29, 0.717) is 16.5 Å². The molecule has 1 atom stereocenters. The van der Waals surface area contributed by atoms with Crippen molar-refractivity contribution in [3.63, 3.8) is 0 Å². The number of esters is 1. The number of fused-ring (bicyclic) bond motifs is 1. The van der Waals surface area contributed by atoms with Crippen molar-refractivity contribution < 1.29 is 14.3 Å². The van der Waals surface area contributed by atoms with Gasteiger partial charge in [-0.05, 0) is 43.6 Å². The summed E-state index contributed by atoms with van der Waals surface area (Å²) in [5.41, 5.74) is 1.71. The molecule has 1 fully saturated rings. The minimum absolute atomic E-state index is 0.0745. The molecule has 1 N–H and O–H groups in total. The first-order valence-corrected chi connectivity index (χ1v) is 9.99. The Bertz CT molecular complexity index is 616. The van der Waals surface area contributed by atoms with Crippen LogP contribution in [0.2, 0.25) is 0 Å². The van der Waals surface area contributed by atoms with E-state index in [2.05, 4.69) is 12.2 Å². The van der Waals surface area contributed by atoms with Gasteiger partial charge in [-0.2, -0.15) is 0 Å². The minimum atomic E-state index is -0.318. The van der Waals surface area contributed by atoms with Crippen molar-refractivity contribution in [2.75, 3.05) is 12.4 Å². The maximum absolute atomic E-state index is 12.6. The van der Waals surface area contributed by atoms with E-state index in [4.69, 9.17) is 4.74 Å². The molecule has 4 nitrogen and oxygen atoms in total. The topological polar surface area (TPSA) is 55.4 Å². The molecule has 0 aromatic carbocycles. The van der Waals surface area contributed by atoms with Crippen LogP contribution in [0.4, 0.5) is 5.00 Å². The molecule has 1 unspecified atom stereocenters. The lowest BCUT2D eigenvalue weighted by Gasteiger charge is -2.21. The monoisotopic (exact) mass is 349 g/mol. The lowest BCUT2D eigenvalue weighted by Crippen LogP contribution is -2.25. The highest BCUT2D eigenvalue weighted by atomic mass is 32.1. The van der Waals surface area contributed by atoms with E-state index in [1.165, 1.54) is 18.4 Å². The first-order chi connectivity index (χ1) is 11.6. The zero-order chi connectivity index (χ0) is 17.1. The third-order valence-corrected chi connectivity index (χ3v) is 6.72. The largest absolute Gasteiger partial charge is 0.465 e. The predicted molar refractivity (Wildman–Crippen MR) is 96.7 cm³/mol. The second-order valence-electron chi connectivity index (χ2n) is 7.04. The van der Waals surface area contributed by atoms with Crippen LogP contribution in [0.15, 0.2) is 0 Å². The van der Waals surface area contributed by atoms with Gasteiger partial charge in [0.1, 0.15) is 5.00 Å². The quantitative estimate of drug-likeness (QED) is 0.810. The fourth-order valence-corrected chi connectivity index (χ4v) is 5.34. The van der Waals surface area contributed by atoms with Gasteiger partial charge in [-0.1, -0.05) is 32.6 Å². The van der Waals surface area contributed by atoms with Crippen molar-refractivity contribution >= 4 is 28.2 Å². The number of ether oxygens (including phenoxy) is 1. The molecule has 1 saturated carbocycles. The molecule has 0 saturated heterocycles. The van der Waals surface area contributed by atoms with Gasteiger partial charge in [-0.25, -0.2) is 4.79 Å². The average Bonchev–Trinajstić information content (AvgIpc) is 2.98. The predicted octanol–water partition coefficient (Wildman–Crippen LogP) is 4.57. The molecule has 0 aliphatic heterocycles. The first kappa shape index (κ1) is 17.5. The van der Waals surface area contributed by atoms with Crippen molar-refractivity contribution in [2.24, 2.45) is 11.8 Å². The Morgan fingerprint density at radius 1 is 1.21 bits per heavy atom. The Kier molecular flexibility index (Phi) is 5.59. The number of methoxy groups -OCH3 is 1. The lowest BCUT2D eigenvalue weighted by atomic mass is 9.85. The maximum atomic E-state index is 12.6. The summed E-state index contributed by atoms with van der Waals surface area (Å²) in [5, 5.41) is 3.77. The summed E-state index contributed by atoms with van der Waals surface area (Å²) in [6.45, 7) is 2.22. The summed E-state index contributed by atoms with van der Waals surface area (Å²) in [4.78, 5) is 26.2. The maximum Gasteiger partial charge on any atom is 0.341 e. The minimum Gasteiger partial charge on any atom is -0.465 e. The Morgan fingerprint density at radius 3 is 2.62 bits per heavy atom. The Morgan fingerprint density at radius 2 is 1.96 bits per heavy atom. The highest BCUT2D eigenvalue weighted by molar-refractivity contribution is 7.17. The molecule has 3 rings (SSSR count). The van der Waals surface area contributed by atoms with Crippen molar-refractivity contribution in [1.82, 2.24) is 0 Å². The first-order valence-electron chi connectivity index (χ1n) is 9.17. The zero-order valence-corrected chi connectivity index (χ0v) is 15.5. The Labute approximate surface area is 148 Å². The molecule has 1 aromatic heterocycles. The van der Waals surface area contributed by atoms with Crippen LogP contribution in [-0.4, -0.2) is 19.0 Å². The van der Waals surface area contributed by atoms with Gasteiger partial charge in [-0.3, -0.25) is 4.79 Å². The number of amides is 1. The molecular weight excluding hydrogens is 322 g/mol. The number of nitrogens with one attached hydrogen (secondary N) is 1. The van der Waals surface area contributed by atoms with Crippen molar-refractivity contribution in [3.05, 3.63) is 16.0 Å². The number of carbonyl (C=O) groups is 2. The van der Waals surface area contributed by atoms with Gasteiger partial charge in [-0.15, -0.1) is 11.3 Å². The van der Waals surface area contributed by atoms with Crippen LogP contribution in [0.1, 0.15) is 72.7 Å². The summed E-state index contributed by atoms with van der Waals surface area (Å²) in [5.74, 6) is 0.530. The van der Waals surface area contributed by atoms with Gasteiger partial charge in [0.05, 0.1) is 12.7 Å². The van der Waals surface area contributed by atoms with E-state index in [9.17, 15) is 9.59 Å². The summed E-state index contributed by atoms with van der Waals surface area (Å²) in [7, 11) is 1.41. The standard InChI is InChI=1S/C19H27NO3S/c1-3-12-9-10-14-15(11-12)24-18(16(14)19(22)23-2)20-17(21)13-7-5-4-6-8-13/h12-13H,3-11H2,1-2H3,(H,20,21). The van der Waals surface area contributed by atoms with E-state index in [0.717, 1.165) is 56.9 Å². The molecule has 2 aliphatic rings. The fourth-order valence-electron chi connectivity index (χ4n) is 3.99. The van der Waals surface area contributed by atoms with Crippen LogP contribution in [0.3, 0.4) is 0 Å². The molecule has 24 heavy (non-hydrogen) atoms. The van der Waals surface area contributed by atoms with Gasteiger partial charge in [0.15, 0.2) is 0 Å². The SMILES string of the molecule is CCC1CCc2c(sc(NC(=O)C3CCCCC3)c2C(=O)OC)C1. The Balaban J connectivity index is 1.85. The van der Waals surface area contributed by atoms with Crippen LogP contribution in [-0.2, 0) is 22.4 Å². The van der Waals surface area contributed by atoms with Crippen LogP contribution < -0.4 is 5.32 Å². The number of carbonyl (C=O) groups excluding carboxylic acids is 2. The van der Waals surface area contributed by atoms with E-state index in [-0.39, 0.29) is 17.8 Å². The third-order valence-electron chi connectivity index (χ3n) is 5.55. The summed E-state index contributed by atoms with van der Waals surface area (Å²) < 4.78 is 5.00. The number of hydrogen-bond donors (Lipinski definition) is 1. The van der Waals surface area contributed by atoms with Gasteiger partial charge >= 0.3 is 5.97 Å². The molecule has 2 aliphatic carbocycles. The molecular formula is C19H27NO3S. The number of rotatable bonds is 4. The van der Waals surface area contributed by atoms with Crippen LogP contribution in [0.25, 0.3) is 0 Å². The average molecular weight is 349 g/mol. The normalized spacial score (nSPS) is 21.2. The molecule has 1 heterocycles.